The lowest BCUT2D eigenvalue weighted by Gasteiger charge is -2.20. The number of carbonyl (C=O) groups excluding carboxylic acids is 1. The lowest BCUT2D eigenvalue weighted by atomic mass is 10.0. The first-order chi connectivity index (χ1) is 8.84. The Hall–Kier alpha value is -1.40. The molecule has 3 heterocycles. The Labute approximate surface area is 105 Å². The summed E-state index contributed by atoms with van der Waals surface area (Å²) in [5.74, 6) is 0.0699. The van der Waals surface area contributed by atoms with Gasteiger partial charge >= 0.3 is 0 Å². The summed E-state index contributed by atoms with van der Waals surface area (Å²) in [6, 6.07) is 1.91. The van der Waals surface area contributed by atoms with E-state index in [-0.39, 0.29) is 24.0 Å². The van der Waals surface area contributed by atoms with Crippen molar-refractivity contribution in [3.8, 4) is 0 Å². The van der Waals surface area contributed by atoms with E-state index in [9.17, 15) is 4.79 Å². The van der Waals surface area contributed by atoms with Crippen molar-refractivity contribution in [1.82, 2.24) is 15.5 Å². The number of nitrogens with zero attached hydrogens (tertiary/aromatic N) is 1. The van der Waals surface area contributed by atoms with Crippen LogP contribution in [0, 0.1) is 5.92 Å². The number of nitrogens with one attached hydrogen (secondary N) is 2. The maximum Gasteiger partial charge on any atom is 0.225 e. The maximum atomic E-state index is 12.0. The van der Waals surface area contributed by atoms with E-state index < -0.39 is 0 Å². The fourth-order valence-corrected chi connectivity index (χ4v) is 2.51. The number of hydrogen-bond donors (Lipinski definition) is 2. The first kappa shape index (κ1) is 11.7. The lowest BCUT2D eigenvalue weighted by molar-refractivity contribution is -0.126. The predicted molar refractivity (Wildman–Crippen MR) is 62.8 cm³/mol. The number of carbonyl (C=O) groups is 1. The molecule has 1 amide bonds. The molecule has 2 N–H and O–H groups in total. The fourth-order valence-electron chi connectivity index (χ4n) is 2.51. The Morgan fingerprint density at radius 1 is 1.44 bits per heavy atom. The summed E-state index contributed by atoms with van der Waals surface area (Å²) in [6.07, 6.45) is 3.23. The van der Waals surface area contributed by atoms with Gasteiger partial charge in [-0.25, -0.2) is 0 Å². The first-order valence-corrected chi connectivity index (χ1v) is 6.33. The standard InChI is InChI=1S/C12H17N3O3/c16-12(8-2-5-17-7-8)14-9-3-6-18-11(9)10-1-4-13-15-10/h1,4,8-9,11H,2-3,5-7H2,(H,13,15)(H,14,16)/t8-,9+,11+/m0/s1. The second-order valence-electron chi connectivity index (χ2n) is 4.77. The van der Waals surface area contributed by atoms with Crippen LogP contribution in [0.5, 0.6) is 0 Å². The number of H-pyrrole nitrogens is 1. The molecule has 0 unspecified atom stereocenters. The van der Waals surface area contributed by atoms with Crippen molar-refractivity contribution < 1.29 is 14.3 Å². The smallest absolute Gasteiger partial charge is 0.225 e. The van der Waals surface area contributed by atoms with Gasteiger partial charge in [0.1, 0.15) is 6.10 Å². The summed E-state index contributed by atoms with van der Waals surface area (Å²) in [7, 11) is 0. The molecule has 0 saturated carbocycles. The molecule has 2 aliphatic rings. The SMILES string of the molecule is O=C(N[C@@H]1CCO[C@H]1c1ccn[nH]1)[C@H]1CCOC1. The van der Waals surface area contributed by atoms with E-state index in [0.717, 1.165) is 18.5 Å². The Morgan fingerprint density at radius 3 is 3.11 bits per heavy atom. The molecule has 3 rings (SSSR count). The molecule has 2 aliphatic heterocycles. The third kappa shape index (κ3) is 2.26. The van der Waals surface area contributed by atoms with Crippen LogP contribution in [0.4, 0.5) is 0 Å². The van der Waals surface area contributed by atoms with E-state index in [0.29, 0.717) is 19.8 Å². The van der Waals surface area contributed by atoms with Crippen LogP contribution in [0.3, 0.4) is 0 Å². The van der Waals surface area contributed by atoms with Crippen LogP contribution < -0.4 is 5.32 Å². The predicted octanol–water partition coefficient (Wildman–Crippen LogP) is 0.392. The zero-order valence-electron chi connectivity index (χ0n) is 10.1. The topological polar surface area (TPSA) is 76.2 Å². The van der Waals surface area contributed by atoms with Crippen LogP contribution in [0.15, 0.2) is 12.3 Å². The van der Waals surface area contributed by atoms with Gasteiger partial charge in [0.25, 0.3) is 0 Å². The van der Waals surface area contributed by atoms with Crippen molar-refractivity contribution in [2.45, 2.75) is 25.0 Å². The molecule has 1 aromatic rings. The summed E-state index contributed by atoms with van der Waals surface area (Å²) < 4.78 is 10.9. The van der Waals surface area contributed by atoms with Gasteiger partial charge in [-0.2, -0.15) is 5.10 Å². The molecule has 2 saturated heterocycles. The molecule has 1 aromatic heterocycles. The molecule has 0 spiro atoms. The maximum absolute atomic E-state index is 12.0. The van der Waals surface area contributed by atoms with Gasteiger partial charge in [-0.1, -0.05) is 0 Å². The molecule has 0 aromatic carbocycles. The minimum absolute atomic E-state index is 0.00647. The van der Waals surface area contributed by atoms with Crippen molar-refractivity contribution in [2.24, 2.45) is 5.92 Å². The number of aromatic nitrogens is 2. The average molecular weight is 251 g/mol. The highest BCUT2D eigenvalue weighted by Crippen LogP contribution is 2.28. The van der Waals surface area contributed by atoms with Crippen molar-refractivity contribution in [3.63, 3.8) is 0 Å². The van der Waals surface area contributed by atoms with Gasteiger partial charge in [0.05, 0.1) is 24.3 Å². The van der Waals surface area contributed by atoms with Gasteiger partial charge in [-0.3, -0.25) is 9.89 Å². The normalized spacial score (nSPS) is 31.7. The van der Waals surface area contributed by atoms with Crippen LogP contribution in [0.2, 0.25) is 0 Å². The highest BCUT2D eigenvalue weighted by molar-refractivity contribution is 5.79. The quantitative estimate of drug-likeness (QED) is 0.815. The molecular weight excluding hydrogens is 234 g/mol. The van der Waals surface area contributed by atoms with Crippen molar-refractivity contribution in [1.29, 1.82) is 0 Å². The average Bonchev–Trinajstić information content (AvgIpc) is 3.11. The first-order valence-electron chi connectivity index (χ1n) is 6.33. The van der Waals surface area contributed by atoms with Gasteiger partial charge in [-0.15, -0.1) is 0 Å². The Bertz CT molecular complexity index is 401. The van der Waals surface area contributed by atoms with E-state index in [1.165, 1.54) is 0 Å². The third-order valence-corrected chi connectivity index (χ3v) is 3.55. The van der Waals surface area contributed by atoms with E-state index in [1.807, 2.05) is 6.07 Å². The minimum Gasteiger partial charge on any atom is -0.381 e. The fraction of sp³-hybridized carbons (Fsp3) is 0.667. The molecule has 0 bridgehead atoms. The highest BCUT2D eigenvalue weighted by atomic mass is 16.5. The summed E-state index contributed by atoms with van der Waals surface area (Å²) in [5.41, 5.74) is 0.917. The van der Waals surface area contributed by atoms with Gasteiger partial charge in [0.2, 0.25) is 5.91 Å². The second kappa shape index (κ2) is 5.07. The monoisotopic (exact) mass is 251 g/mol. The molecule has 98 valence electrons. The van der Waals surface area contributed by atoms with Gasteiger partial charge in [0.15, 0.2) is 0 Å². The zero-order valence-corrected chi connectivity index (χ0v) is 10.1. The van der Waals surface area contributed by atoms with E-state index in [4.69, 9.17) is 9.47 Å². The summed E-state index contributed by atoms with van der Waals surface area (Å²) >= 11 is 0. The second-order valence-corrected chi connectivity index (χ2v) is 4.77. The number of rotatable bonds is 3. The van der Waals surface area contributed by atoms with Crippen LogP contribution in [-0.2, 0) is 14.3 Å². The number of hydrogen-bond acceptors (Lipinski definition) is 4. The molecular formula is C12H17N3O3. The number of amides is 1. The van der Waals surface area contributed by atoms with Gasteiger partial charge in [0, 0.05) is 19.4 Å². The molecule has 0 aliphatic carbocycles. The summed E-state index contributed by atoms with van der Waals surface area (Å²) in [5, 5.41) is 9.89. The molecule has 0 radical (unpaired) electrons. The van der Waals surface area contributed by atoms with Crippen molar-refractivity contribution in [3.05, 3.63) is 18.0 Å². The molecule has 6 nitrogen and oxygen atoms in total. The number of ether oxygens (including phenoxy) is 2. The molecule has 18 heavy (non-hydrogen) atoms. The van der Waals surface area contributed by atoms with Crippen LogP contribution in [0.25, 0.3) is 0 Å². The summed E-state index contributed by atoms with van der Waals surface area (Å²) in [6.45, 7) is 1.88. The van der Waals surface area contributed by atoms with E-state index >= 15 is 0 Å². The molecule has 2 fully saturated rings. The largest absolute Gasteiger partial charge is 0.381 e. The highest BCUT2D eigenvalue weighted by Gasteiger charge is 2.34. The summed E-state index contributed by atoms with van der Waals surface area (Å²) in [4.78, 5) is 12.0. The van der Waals surface area contributed by atoms with Gasteiger partial charge < -0.3 is 14.8 Å². The Morgan fingerprint density at radius 2 is 2.39 bits per heavy atom. The number of aromatic amines is 1. The van der Waals surface area contributed by atoms with E-state index in [2.05, 4.69) is 15.5 Å². The van der Waals surface area contributed by atoms with Crippen molar-refractivity contribution in [2.75, 3.05) is 19.8 Å². The Kier molecular flexibility index (Phi) is 3.29. The zero-order chi connectivity index (χ0) is 12.4. The van der Waals surface area contributed by atoms with Gasteiger partial charge in [-0.05, 0) is 18.9 Å². The van der Waals surface area contributed by atoms with Crippen LogP contribution in [0.1, 0.15) is 24.6 Å². The molecule has 3 atom stereocenters. The Balaban J connectivity index is 1.62. The van der Waals surface area contributed by atoms with Crippen LogP contribution >= 0.6 is 0 Å². The minimum atomic E-state index is -0.112. The van der Waals surface area contributed by atoms with E-state index in [1.54, 1.807) is 6.20 Å². The molecule has 6 heteroatoms. The lowest BCUT2D eigenvalue weighted by Crippen LogP contribution is -2.40. The van der Waals surface area contributed by atoms with Crippen LogP contribution in [-0.4, -0.2) is 42.0 Å². The third-order valence-electron chi connectivity index (χ3n) is 3.55. The van der Waals surface area contributed by atoms with Crippen molar-refractivity contribution >= 4 is 5.91 Å².